The summed E-state index contributed by atoms with van der Waals surface area (Å²) in [6.07, 6.45) is -4.45. The number of nitrogens with zero attached hydrogens (tertiary/aromatic N) is 1. The molecule has 1 saturated heterocycles. The fourth-order valence-corrected chi connectivity index (χ4v) is 5.85. The molecule has 3 rings (SSSR count). The van der Waals surface area contributed by atoms with Crippen molar-refractivity contribution in [2.24, 2.45) is 5.92 Å². The van der Waals surface area contributed by atoms with Crippen molar-refractivity contribution in [2.75, 3.05) is 19.4 Å². The number of ether oxygens (including phenoxy) is 2. The number of rotatable bonds is 11. The van der Waals surface area contributed by atoms with Crippen LogP contribution in [-0.2, 0) is 23.4 Å². The maximum absolute atomic E-state index is 16.0. The molecule has 1 aliphatic heterocycles. The molecule has 1 fully saturated rings. The van der Waals surface area contributed by atoms with Gasteiger partial charge in [0.05, 0.1) is 18.2 Å². The Balaban J connectivity index is 1.89. The molecule has 0 bridgehead atoms. The zero-order valence-electron chi connectivity index (χ0n) is 20.8. The summed E-state index contributed by atoms with van der Waals surface area (Å²) in [7, 11) is -4.36. The molecule has 2 unspecified atom stereocenters. The first kappa shape index (κ1) is 30.1. The van der Waals surface area contributed by atoms with Crippen LogP contribution in [-0.4, -0.2) is 68.8 Å². The number of nitrogens with one attached hydrogen (secondary N) is 1. The molecule has 210 valence electrons. The molecule has 1 aromatic carbocycles. The topological polar surface area (TPSA) is 149 Å². The van der Waals surface area contributed by atoms with Crippen LogP contribution in [0.1, 0.15) is 27.0 Å². The molecule has 2 aromatic rings. The van der Waals surface area contributed by atoms with Gasteiger partial charge in [0.1, 0.15) is 19.0 Å². The van der Waals surface area contributed by atoms with Gasteiger partial charge in [0.2, 0.25) is 0 Å². The van der Waals surface area contributed by atoms with Gasteiger partial charge in [-0.15, -0.1) is 0 Å². The van der Waals surface area contributed by atoms with E-state index in [1.807, 2.05) is 0 Å². The molecule has 11 nitrogen and oxygen atoms in total. The molecule has 0 amide bonds. The first-order valence-corrected chi connectivity index (χ1v) is 13.7. The molecule has 6 atom stereocenters. The Morgan fingerprint density at radius 3 is 2.53 bits per heavy atom. The van der Waals surface area contributed by atoms with E-state index < -0.39 is 74.4 Å². The zero-order valence-corrected chi connectivity index (χ0v) is 22.5. The Morgan fingerprint density at radius 2 is 1.95 bits per heavy atom. The van der Waals surface area contributed by atoms with Crippen molar-refractivity contribution < 1.29 is 46.9 Å². The van der Waals surface area contributed by atoms with Gasteiger partial charge in [-0.25, -0.2) is 13.3 Å². The number of aromatic amines is 1. The zero-order chi connectivity index (χ0) is 28.3. The molecule has 15 heteroatoms. The van der Waals surface area contributed by atoms with Gasteiger partial charge >= 0.3 is 13.6 Å². The lowest BCUT2D eigenvalue weighted by Crippen LogP contribution is -2.52. The first-order chi connectivity index (χ1) is 17.7. The molecule has 2 heterocycles. The van der Waals surface area contributed by atoms with Crippen LogP contribution in [0, 0.1) is 10.7 Å². The number of aliphatic hydroxyl groups is 2. The van der Waals surface area contributed by atoms with Gasteiger partial charge in [-0.1, -0.05) is 25.1 Å². The van der Waals surface area contributed by atoms with E-state index >= 15 is 4.39 Å². The highest BCUT2D eigenvalue weighted by molar-refractivity contribution is 7.71. The Morgan fingerprint density at radius 1 is 1.29 bits per heavy atom. The van der Waals surface area contributed by atoms with Crippen LogP contribution >= 0.6 is 19.8 Å². The SMILES string of the molecule is CC(C)OC(=O)[C@H](C)CP(=O)(OC[C@@]1(F)O[C@@H](n2ccc(=O)[nH]c2=S)C(O)(CF)[C@H]1O)Oc1ccccc1. The normalized spacial score (nSPS) is 27.6. The maximum Gasteiger partial charge on any atom is 0.380 e. The summed E-state index contributed by atoms with van der Waals surface area (Å²) >= 11 is 4.99. The number of esters is 1. The first-order valence-electron chi connectivity index (χ1n) is 11.6. The average Bonchev–Trinajstić information content (AvgIpc) is 3.05. The second-order valence-electron chi connectivity index (χ2n) is 9.16. The molecule has 0 radical (unpaired) electrons. The van der Waals surface area contributed by atoms with Crippen molar-refractivity contribution in [1.82, 2.24) is 9.55 Å². The minimum Gasteiger partial charge on any atom is -0.463 e. The molecule has 0 saturated carbocycles. The predicted molar refractivity (Wildman–Crippen MR) is 133 cm³/mol. The van der Waals surface area contributed by atoms with Crippen LogP contribution in [0.4, 0.5) is 8.78 Å². The number of benzene rings is 1. The van der Waals surface area contributed by atoms with Gasteiger partial charge < -0.3 is 24.2 Å². The summed E-state index contributed by atoms with van der Waals surface area (Å²) in [6.45, 7) is 1.70. The summed E-state index contributed by atoms with van der Waals surface area (Å²) in [6, 6.07) is 8.70. The van der Waals surface area contributed by atoms with Crippen LogP contribution in [0.25, 0.3) is 0 Å². The van der Waals surface area contributed by atoms with E-state index in [2.05, 4.69) is 4.98 Å². The number of carbonyl (C=O) groups is 1. The van der Waals surface area contributed by atoms with Crippen LogP contribution in [0.2, 0.25) is 0 Å². The lowest BCUT2D eigenvalue weighted by atomic mass is 9.94. The van der Waals surface area contributed by atoms with Crippen LogP contribution in [0.3, 0.4) is 0 Å². The second-order valence-corrected chi connectivity index (χ2v) is 11.6. The van der Waals surface area contributed by atoms with E-state index in [-0.39, 0.29) is 10.5 Å². The highest BCUT2D eigenvalue weighted by Gasteiger charge is 2.66. The van der Waals surface area contributed by atoms with E-state index in [9.17, 15) is 28.8 Å². The van der Waals surface area contributed by atoms with Crippen molar-refractivity contribution in [2.45, 2.75) is 50.7 Å². The summed E-state index contributed by atoms with van der Waals surface area (Å²) in [5.41, 5.74) is -3.49. The second kappa shape index (κ2) is 11.7. The van der Waals surface area contributed by atoms with E-state index in [0.717, 1.165) is 16.8 Å². The van der Waals surface area contributed by atoms with Crippen LogP contribution in [0.5, 0.6) is 5.75 Å². The Bertz CT molecular complexity index is 1290. The fraction of sp³-hybridized carbons (Fsp3) is 0.522. The Kier molecular flexibility index (Phi) is 9.28. The van der Waals surface area contributed by atoms with Gasteiger partial charge in [0, 0.05) is 12.3 Å². The van der Waals surface area contributed by atoms with E-state index in [4.69, 9.17) is 30.7 Å². The number of H-pyrrole nitrogens is 1. The fourth-order valence-electron chi connectivity index (χ4n) is 3.73. The minimum atomic E-state index is -4.36. The number of aromatic nitrogens is 2. The van der Waals surface area contributed by atoms with Gasteiger partial charge in [0.25, 0.3) is 11.4 Å². The van der Waals surface area contributed by atoms with Crippen molar-refractivity contribution in [3.05, 3.63) is 57.7 Å². The summed E-state index contributed by atoms with van der Waals surface area (Å²) in [4.78, 5) is 26.1. The molecule has 0 spiro atoms. The van der Waals surface area contributed by atoms with E-state index in [0.29, 0.717) is 0 Å². The monoisotopic (exact) mass is 578 g/mol. The van der Waals surface area contributed by atoms with Gasteiger partial charge in [-0.05, 0) is 38.2 Å². The number of alkyl halides is 2. The maximum atomic E-state index is 16.0. The standard InChI is InChI=1S/C23H29F2N2O9PS/c1-14(2)34-18(29)15(3)11-37(32,36-16-7-5-4-6-8-16)33-13-23(25)19(30)22(31,12-24)20(35-23)27-10-9-17(28)26-21(27)38/h4-10,14-15,19-20,30-31H,11-13H2,1-3H3,(H,26,28,38)/t15-,19-,20-,22?,23-,37?/m1/s1. The molecule has 0 aliphatic carbocycles. The molecular weight excluding hydrogens is 549 g/mol. The van der Waals surface area contributed by atoms with Crippen LogP contribution < -0.4 is 10.1 Å². The smallest absolute Gasteiger partial charge is 0.380 e. The van der Waals surface area contributed by atoms with Crippen molar-refractivity contribution >= 4 is 25.8 Å². The lowest BCUT2D eigenvalue weighted by Gasteiger charge is -2.29. The van der Waals surface area contributed by atoms with Crippen LogP contribution in [0.15, 0.2) is 47.4 Å². The number of hydrogen-bond donors (Lipinski definition) is 3. The Labute approximate surface area is 221 Å². The number of carbonyl (C=O) groups excluding carboxylic acids is 1. The lowest BCUT2D eigenvalue weighted by molar-refractivity contribution is -0.203. The molecule has 3 N–H and O–H groups in total. The van der Waals surface area contributed by atoms with Crippen molar-refractivity contribution in [3.63, 3.8) is 0 Å². The summed E-state index contributed by atoms with van der Waals surface area (Å²) in [5, 5.41) is 21.4. The quantitative estimate of drug-likeness (QED) is 0.206. The Hall–Kier alpha value is -2.48. The molecule has 1 aromatic heterocycles. The summed E-state index contributed by atoms with van der Waals surface area (Å²) in [5.74, 6) is -4.94. The predicted octanol–water partition coefficient (Wildman–Crippen LogP) is 3.04. The third-order valence-electron chi connectivity index (χ3n) is 5.63. The highest BCUT2D eigenvalue weighted by atomic mass is 32.1. The average molecular weight is 579 g/mol. The third kappa shape index (κ3) is 6.56. The van der Waals surface area contributed by atoms with Gasteiger partial charge in [-0.2, -0.15) is 0 Å². The van der Waals surface area contributed by atoms with Crippen molar-refractivity contribution in [1.29, 1.82) is 0 Å². The summed E-state index contributed by atoms with van der Waals surface area (Å²) < 4.78 is 65.3. The number of halogens is 2. The molecule has 38 heavy (non-hydrogen) atoms. The number of aliphatic hydroxyl groups excluding tert-OH is 1. The van der Waals surface area contributed by atoms with Gasteiger partial charge in [-0.3, -0.25) is 23.7 Å². The van der Waals surface area contributed by atoms with E-state index in [1.165, 1.54) is 19.1 Å². The molecular formula is C23H29F2N2O9PS. The number of hydrogen-bond acceptors (Lipinski definition) is 10. The molecule has 1 aliphatic rings. The number of para-hydroxylation sites is 1. The van der Waals surface area contributed by atoms with Crippen molar-refractivity contribution in [3.8, 4) is 5.75 Å². The minimum absolute atomic E-state index is 0.0822. The largest absolute Gasteiger partial charge is 0.463 e. The highest BCUT2D eigenvalue weighted by Crippen LogP contribution is 2.53. The van der Waals surface area contributed by atoms with E-state index in [1.54, 1.807) is 32.0 Å². The van der Waals surface area contributed by atoms with Gasteiger partial charge in [0.15, 0.2) is 22.7 Å². The third-order valence-corrected chi connectivity index (χ3v) is 7.95.